The Hall–Kier alpha value is -2.21. The zero-order valence-corrected chi connectivity index (χ0v) is 14.6. The number of benzene rings is 1. The summed E-state index contributed by atoms with van der Waals surface area (Å²) in [6.45, 7) is 5.20. The number of aromatic nitrogens is 2. The molecule has 134 valence electrons. The summed E-state index contributed by atoms with van der Waals surface area (Å²) in [6.07, 6.45) is 5.78. The first-order valence-electron chi connectivity index (χ1n) is 8.89. The maximum Gasteiger partial charge on any atom is 0.237 e. The Morgan fingerprint density at radius 3 is 3.08 bits per heavy atom. The average molecular weight is 344 g/mol. The molecule has 2 aromatic rings. The summed E-state index contributed by atoms with van der Waals surface area (Å²) in [5, 5.41) is 0. The number of carbonyl (C=O) groups is 1. The molecule has 2 heterocycles. The Labute approximate surface area is 147 Å². The SMILES string of the molecule is CCN(Cc1cccc(F)c1)C(=O)CN1CCCC(c2ncc[nH]2)C1. The van der Waals surface area contributed by atoms with Gasteiger partial charge < -0.3 is 9.88 Å². The van der Waals surface area contributed by atoms with Crippen LogP contribution in [0.5, 0.6) is 0 Å². The number of likely N-dealkylation sites (N-methyl/N-ethyl adjacent to an activating group) is 1. The fourth-order valence-electron chi connectivity index (χ4n) is 3.45. The third-order valence-corrected chi connectivity index (χ3v) is 4.77. The highest BCUT2D eigenvalue weighted by Gasteiger charge is 2.25. The number of rotatable bonds is 6. The highest BCUT2D eigenvalue weighted by molar-refractivity contribution is 5.78. The molecular formula is C19H25FN4O. The molecule has 1 saturated heterocycles. The van der Waals surface area contributed by atoms with Gasteiger partial charge in [0, 0.05) is 37.9 Å². The van der Waals surface area contributed by atoms with Gasteiger partial charge >= 0.3 is 0 Å². The maximum absolute atomic E-state index is 13.4. The molecule has 25 heavy (non-hydrogen) atoms. The molecule has 1 fully saturated rings. The van der Waals surface area contributed by atoms with Gasteiger partial charge in [-0.1, -0.05) is 12.1 Å². The van der Waals surface area contributed by atoms with Crippen molar-refractivity contribution in [1.29, 1.82) is 0 Å². The van der Waals surface area contributed by atoms with Gasteiger partial charge in [-0.05, 0) is 44.0 Å². The van der Waals surface area contributed by atoms with E-state index in [1.807, 2.05) is 19.2 Å². The van der Waals surface area contributed by atoms with Crippen LogP contribution in [0.25, 0.3) is 0 Å². The Morgan fingerprint density at radius 1 is 1.48 bits per heavy atom. The molecule has 1 aromatic heterocycles. The van der Waals surface area contributed by atoms with Crippen molar-refractivity contribution in [1.82, 2.24) is 19.8 Å². The van der Waals surface area contributed by atoms with Crippen molar-refractivity contribution in [2.75, 3.05) is 26.2 Å². The average Bonchev–Trinajstić information content (AvgIpc) is 3.14. The number of hydrogen-bond acceptors (Lipinski definition) is 3. The molecule has 1 aromatic carbocycles. The number of likely N-dealkylation sites (tertiary alicyclic amines) is 1. The molecule has 1 atom stereocenters. The van der Waals surface area contributed by atoms with Crippen LogP contribution in [0.2, 0.25) is 0 Å². The molecule has 0 aliphatic carbocycles. The lowest BCUT2D eigenvalue weighted by molar-refractivity contribution is -0.133. The Balaban J connectivity index is 1.57. The molecule has 1 N–H and O–H groups in total. The summed E-state index contributed by atoms with van der Waals surface area (Å²) in [7, 11) is 0. The molecule has 0 bridgehead atoms. The first kappa shape index (κ1) is 17.6. The van der Waals surface area contributed by atoms with Gasteiger partial charge in [0.25, 0.3) is 0 Å². The third kappa shape index (κ3) is 4.66. The first-order valence-corrected chi connectivity index (χ1v) is 8.89. The predicted molar refractivity (Wildman–Crippen MR) is 94.5 cm³/mol. The molecule has 1 unspecified atom stereocenters. The summed E-state index contributed by atoms with van der Waals surface area (Å²) < 4.78 is 13.4. The van der Waals surface area contributed by atoms with Crippen molar-refractivity contribution in [2.45, 2.75) is 32.2 Å². The second-order valence-corrected chi connectivity index (χ2v) is 6.59. The van der Waals surface area contributed by atoms with Gasteiger partial charge in [-0.15, -0.1) is 0 Å². The molecule has 0 saturated carbocycles. The van der Waals surface area contributed by atoms with Crippen molar-refractivity contribution < 1.29 is 9.18 Å². The fourth-order valence-corrected chi connectivity index (χ4v) is 3.45. The zero-order chi connectivity index (χ0) is 17.6. The van der Waals surface area contributed by atoms with E-state index in [4.69, 9.17) is 0 Å². The number of nitrogens with zero attached hydrogens (tertiary/aromatic N) is 3. The van der Waals surface area contributed by atoms with Crippen molar-refractivity contribution >= 4 is 5.91 Å². The van der Waals surface area contributed by atoms with Crippen molar-refractivity contribution in [3.05, 3.63) is 53.9 Å². The van der Waals surface area contributed by atoms with Gasteiger partial charge in [0.2, 0.25) is 5.91 Å². The van der Waals surface area contributed by atoms with Crippen LogP contribution in [0, 0.1) is 5.82 Å². The predicted octanol–water partition coefficient (Wildman–Crippen LogP) is 2.78. The normalized spacial score (nSPS) is 18.2. The molecular weight excluding hydrogens is 319 g/mol. The van der Waals surface area contributed by atoms with E-state index in [9.17, 15) is 9.18 Å². The Bertz CT molecular complexity index is 688. The summed E-state index contributed by atoms with van der Waals surface area (Å²) >= 11 is 0. The van der Waals surface area contributed by atoms with Gasteiger partial charge in [0.15, 0.2) is 0 Å². The highest BCUT2D eigenvalue weighted by atomic mass is 19.1. The first-order chi connectivity index (χ1) is 12.2. The van der Waals surface area contributed by atoms with E-state index in [0.29, 0.717) is 25.6 Å². The Morgan fingerprint density at radius 2 is 2.36 bits per heavy atom. The molecule has 0 radical (unpaired) electrons. The van der Waals surface area contributed by atoms with Crippen LogP contribution in [-0.2, 0) is 11.3 Å². The van der Waals surface area contributed by atoms with Crippen LogP contribution in [0.1, 0.15) is 37.1 Å². The number of aromatic amines is 1. The number of hydrogen-bond donors (Lipinski definition) is 1. The van der Waals surface area contributed by atoms with Crippen LogP contribution in [0.4, 0.5) is 4.39 Å². The maximum atomic E-state index is 13.4. The van der Waals surface area contributed by atoms with E-state index >= 15 is 0 Å². The van der Waals surface area contributed by atoms with E-state index in [1.54, 1.807) is 17.2 Å². The van der Waals surface area contributed by atoms with E-state index in [2.05, 4.69) is 14.9 Å². The number of carbonyl (C=O) groups excluding carboxylic acids is 1. The molecule has 0 spiro atoms. The van der Waals surface area contributed by atoms with Crippen LogP contribution >= 0.6 is 0 Å². The van der Waals surface area contributed by atoms with Crippen molar-refractivity contribution in [3.8, 4) is 0 Å². The molecule has 5 nitrogen and oxygen atoms in total. The number of imidazole rings is 1. The lowest BCUT2D eigenvalue weighted by Crippen LogP contribution is -2.43. The van der Waals surface area contributed by atoms with E-state index in [0.717, 1.165) is 37.3 Å². The second kappa shape index (κ2) is 8.25. The minimum Gasteiger partial charge on any atom is -0.348 e. The van der Waals surface area contributed by atoms with Crippen LogP contribution in [0.3, 0.4) is 0 Å². The highest BCUT2D eigenvalue weighted by Crippen LogP contribution is 2.24. The number of amides is 1. The number of halogens is 1. The summed E-state index contributed by atoms with van der Waals surface area (Å²) in [5.41, 5.74) is 0.822. The van der Waals surface area contributed by atoms with Crippen LogP contribution in [-0.4, -0.2) is 51.9 Å². The second-order valence-electron chi connectivity index (χ2n) is 6.59. The van der Waals surface area contributed by atoms with E-state index in [1.165, 1.54) is 12.1 Å². The monoisotopic (exact) mass is 344 g/mol. The van der Waals surface area contributed by atoms with Gasteiger partial charge in [0.05, 0.1) is 6.54 Å². The number of nitrogens with one attached hydrogen (secondary N) is 1. The van der Waals surface area contributed by atoms with Gasteiger partial charge in [-0.25, -0.2) is 9.37 Å². The van der Waals surface area contributed by atoms with Crippen LogP contribution in [0.15, 0.2) is 36.7 Å². The van der Waals surface area contributed by atoms with E-state index < -0.39 is 0 Å². The molecule has 6 heteroatoms. The Kier molecular flexibility index (Phi) is 5.81. The smallest absolute Gasteiger partial charge is 0.237 e. The number of H-pyrrole nitrogens is 1. The number of piperidine rings is 1. The fraction of sp³-hybridized carbons (Fsp3) is 0.474. The lowest BCUT2D eigenvalue weighted by Gasteiger charge is -2.33. The summed E-state index contributed by atoms with van der Waals surface area (Å²) in [6, 6.07) is 6.45. The summed E-state index contributed by atoms with van der Waals surface area (Å²) in [4.78, 5) is 24.2. The van der Waals surface area contributed by atoms with Crippen molar-refractivity contribution in [2.24, 2.45) is 0 Å². The quantitative estimate of drug-likeness (QED) is 0.877. The molecule has 3 rings (SSSR count). The van der Waals surface area contributed by atoms with Crippen molar-refractivity contribution in [3.63, 3.8) is 0 Å². The minimum atomic E-state index is -0.265. The van der Waals surface area contributed by atoms with Crippen LogP contribution < -0.4 is 0 Å². The van der Waals surface area contributed by atoms with Gasteiger partial charge in [-0.3, -0.25) is 9.69 Å². The lowest BCUT2D eigenvalue weighted by atomic mass is 9.97. The molecule has 1 aliphatic heterocycles. The van der Waals surface area contributed by atoms with E-state index in [-0.39, 0.29) is 11.7 Å². The largest absolute Gasteiger partial charge is 0.348 e. The standard InChI is InChI=1S/C19H25FN4O/c1-2-24(12-15-5-3-7-17(20)11-15)18(25)14-23-10-4-6-16(13-23)19-21-8-9-22-19/h3,5,7-9,11,16H,2,4,6,10,12-14H2,1H3,(H,21,22). The van der Waals surface area contributed by atoms with Gasteiger partial charge in [-0.2, -0.15) is 0 Å². The summed E-state index contributed by atoms with van der Waals surface area (Å²) in [5.74, 6) is 1.18. The topological polar surface area (TPSA) is 52.2 Å². The minimum absolute atomic E-state index is 0.0897. The molecule has 1 aliphatic rings. The zero-order valence-electron chi connectivity index (χ0n) is 14.6. The molecule has 1 amide bonds. The third-order valence-electron chi connectivity index (χ3n) is 4.77. The van der Waals surface area contributed by atoms with Gasteiger partial charge in [0.1, 0.15) is 11.6 Å².